The molecule has 0 aromatic heterocycles. The van der Waals surface area contributed by atoms with E-state index in [-0.39, 0.29) is 26.1 Å². The van der Waals surface area contributed by atoms with E-state index >= 15 is 0 Å². The van der Waals surface area contributed by atoms with E-state index in [9.17, 15) is 45.3 Å². The fourth-order valence-corrected chi connectivity index (χ4v) is 8.97. The van der Waals surface area contributed by atoms with Crippen LogP contribution in [0.3, 0.4) is 0 Å². The molecule has 2 rings (SSSR count). The molecule has 434 valence electrons. The fourth-order valence-electron chi connectivity index (χ4n) is 8.97. The molecule has 0 saturated carbocycles. The Morgan fingerprint density at radius 1 is 0.440 bits per heavy atom. The first-order valence-corrected chi connectivity index (χ1v) is 29.4. The lowest BCUT2D eigenvalue weighted by Crippen LogP contribution is -2.61. The topological polar surface area (TPSA) is 231 Å². The maximum absolute atomic E-state index is 13.1. The molecule has 0 amide bonds. The van der Waals surface area contributed by atoms with Crippen LogP contribution in [0.2, 0.25) is 0 Å². The summed E-state index contributed by atoms with van der Waals surface area (Å²) in [6.45, 7) is 2.48. The van der Waals surface area contributed by atoms with Gasteiger partial charge in [-0.1, -0.05) is 184 Å². The zero-order chi connectivity index (χ0) is 54.6. The van der Waals surface area contributed by atoms with Crippen LogP contribution < -0.4 is 0 Å². The van der Waals surface area contributed by atoms with Crippen LogP contribution >= 0.6 is 0 Å². The van der Waals surface area contributed by atoms with Crippen LogP contribution in [0.25, 0.3) is 0 Å². The normalized spacial score (nSPS) is 24.9. The Kier molecular flexibility index (Phi) is 42.0. The molecule has 15 heteroatoms. The van der Waals surface area contributed by atoms with E-state index in [1.54, 1.807) is 0 Å². The monoisotopic (exact) mass is 1060 g/mol. The third-order valence-corrected chi connectivity index (χ3v) is 13.7. The van der Waals surface area contributed by atoms with Gasteiger partial charge in [0.05, 0.1) is 19.8 Å². The average Bonchev–Trinajstić information content (AvgIpc) is 3.40. The van der Waals surface area contributed by atoms with Gasteiger partial charge in [0.2, 0.25) is 0 Å². The number of aliphatic hydroxyl groups excluding tert-OH is 7. The fraction of sp³-hybridized carbons (Fsp3) is 0.800. The van der Waals surface area contributed by atoms with E-state index < -0.39 is 92.7 Å². The number of ether oxygens (including phenoxy) is 6. The van der Waals surface area contributed by atoms with Gasteiger partial charge in [0.25, 0.3) is 0 Å². The van der Waals surface area contributed by atoms with E-state index in [0.717, 1.165) is 83.5 Å². The molecule has 11 unspecified atom stereocenters. The molecule has 0 aromatic rings. The number of allylic oxidation sites excluding steroid dienone is 10. The largest absolute Gasteiger partial charge is 0.462 e. The summed E-state index contributed by atoms with van der Waals surface area (Å²) in [7, 11) is 0. The van der Waals surface area contributed by atoms with Crippen molar-refractivity contribution in [1.29, 1.82) is 0 Å². The van der Waals surface area contributed by atoms with Crippen LogP contribution in [0, 0.1) is 0 Å². The molecule has 2 fully saturated rings. The van der Waals surface area contributed by atoms with Crippen molar-refractivity contribution in [1.82, 2.24) is 0 Å². The summed E-state index contributed by atoms with van der Waals surface area (Å²) >= 11 is 0. The summed E-state index contributed by atoms with van der Waals surface area (Å²) in [6, 6.07) is 0. The molecular formula is C60H104O15. The van der Waals surface area contributed by atoms with Crippen molar-refractivity contribution >= 4 is 11.9 Å². The minimum absolute atomic E-state index is 0.153. The number of unbranched alkanes of at least 4 members (excludes halogenated alkanes) is 22. The van der Waals surface area contributed by atoms with E-state index in [1.807, 2.05) is 0 Å². The molecule has 0 bridgehead atoms. The molecule has 2 heterocycles. The Bertz CT molecular complexity index is 1530. The van der Waals surface area contributed by atoms with Crippen molar-refractivity contribution in [3.63, 3.8) is 0 Å². The van der Waals surface area contributed by atoms with E-state index in [0.29, 0.717) is 12.8 Å². The number of carbonyl (C=O) groups is 2. The number of rotatable bonds is 46. The Labute approximate surface area is 451 Å². The van der Waals surface area contributed by atoms with Crippen LogP contribution in [0.1, 0.15) is 213 Å². The van der Waals surface area contributed by atoms with Crippen molar-refractivity contribution in [2.45, 2.75) is 280 Å². The van der Waals surface area contributed by atoms with Crippen molar-refractivity contribution < 1.29 is 73.8 Å². The lowest BCUT2D eigenvalue weighted by atomic mass is 9.98. The predicted octanol–water partition coefficient (Wildman–Crippen LogP) is 10.00. The van der Waals surface area contributed by atoms with Gasteiger partial charge in [-0.25, -0.2) is 0 Å². The number of carbonyl (C=O) groups excluding carboxylic acids is 2. The molecule has 0 spiro atoms. The maximum atomic E-state index is 13.1. The molecular weight excluding hydrogens is 961 g/mol. The lowest BCUT2D eigenvalue weighted by molar-refractivity contribution is -0.332. The summed E-state index contributed by atoms with van der Waals surface area (Å²) in [5.41, 5.74) is 0. The van der Waals surface area contributed by atoms with Gasteiger partial charge in [-0.05, 0) is 77.0 Å². The van der Waals surface area contributed by atoms with Gasteiger partial charge in [0.15, 0.2) is 18.7 Å². The Morgan fingerprint density at radius 3 is 1.33 bits per heavy atom. The van der Waals surface area contributed by atoms with Crippen LogP contribution in [0.4, 0.5) is 0 Å². The molecule has 2 aliphatic heterocycles. The first-order valence-electron chi connectivity index (χ1n) is 29.4. The van der Waals surface area contributed by atoms with Crippen molar-refractivity contribution in [2.75, 3.05) is 26.4 Å². The van der Waals surface area contributed by atoms with Crippen molar-refractivity contribution in [2.24, 2.45) is 0 Å². The number of esters is 2. The Morgan fingerprint density at radius 2 is 0.840 bits per heavy atom. The van der Waals surface area contributed by atoms with Gasteiger partial charge in [-0.15, -0.1) is 0 Å². The first kappa shape index (κ1) is 68.3. The van der Waals surface area contributed by atoms with Crippen LogP contribution in [-0.2, 0) is 38.0 Å². The summed E-state index contributed by atoms with van der Waals surface area (Å²) in [6.07, 6.45) is 38.0. The molecule has 0 aromatic carbocycles. The third kappa shape index (κ3) is 33.3. The average molecular weight is 1070 g/mol. The maximum Gasteiger partial charge on any atom is 0.306 e. The van der Waals surface area contributed by atoms with Crippen LogP contribution in [0.5, 0.6) is 0 Å². The highest BCUT2D eigenvalue weighted by Crippen LogP contribution is 2.27. The van der Waals surface area contributed by atoms with Gasteiger partial charge in [-0.3, -0.25) is 9.59 Å². The second-order valence-electron chi connectivity index (χ2n) is 20.4. The van der Waals surface area contributed by atoms with Gasteiger partial charge in [0, 0.05) is 12.8 Å². The highest BCUT2D eigenvalue weighted by molar-refractivity contribution is 5.70. The van der Waals surface area contributed by atoms with Gasteiger partial charge >= 0.3 is 11.9 Å². The number of aliphatic hydroxyl groups is 7. The molecule has 7 N–H and O–H groups in total. The Hall–Kier alpha value is -2.80. The SMILES string of the molecule is CC/C=C\C/C=C\C/C=C\C/C=C\CCCCCCCCCCC(=O)OC(COC(=O)CCCCCCCCC/C=C\CCCCCCCCC)COC1OC(COC2OC(CO)C(O)C(O)C2O)C(O)C(O)C1O. The standard InChI is InChI=1S/C60H104O15/c1-3-5-7-9-11-13-15-17-19-21-23-24-25-27-29-31-33-35-37-39-41-43-52(63)73-48(45-70-51(62)42-40-38-36-34-32-30-28-26-22-20-18-16-14-12-10-8-6-4-2)46-71-59-58(69)56(67)54(65)50(75-59)47-72-60-57(68)55(66)53(64)49(44-61)74-60/h5,7,11,13,17,19-20,22-24,48-50,53-61,64-69H,3-4,6,8-10,12,14-16,18,21,25-47H2,1-2H3/b7-5-,13-11-,19-17-,22-20-,24-23-. The molecule has 2 aliphatic rings. The Balaban J connectivity index is 1.76. The molecule has 11 atom stereocenters. The summed E-state index contributed by atoms with van der Waals surface area (Å²) in [5.74, 6) is -0.937. The van der Waals surface area contributed by atoms with Gasteiger partial charge < -0.3 is 64.2 Å². The zero-order valence-electron chi connectivity index (χ0n) is 46.3. The van der Waals surface area contributed by atoms with Gasteiger partial charge in [0.1, 0.15) is 55.4 Å². The minimum Gasteiger partial charge on any atom is -0.462 e. The molecule has 0 aliphatic carbocycles. The molecule has 0 radical (unpaired) electrons. The van der Waals surface area contributed by atoms with E-state index in [4.69, 9.17) is 28.4 Å². The molecule has 15 nitrogen and oxygen atoms in total. The summed E-state index contributed by atoms with van der Waals surface area (Å²) in [5, 5.41) is 72.3. The number of hydrogen-bond donors (Lipinski definition) is 7. The first-order chi connectivity index (χ1) is 36.5. The summed E-state index contributed by atoms with van der Waals surface area (Å²) in [4.78, 5) is 25.9. The van der Waals surface area contributed by atoms with Crippen LogP contribution in [-0.4, -0.2) is 142 Å². The zero-order valence-corrected chi connectivity index (χ0v) is 46.3. The second kappa shape index (κ2) is 46.1. The van der Waals surface area contributed by atoms with E-state index in [1.165, 1.54) is 89.9 Å². The van der Waals surface area contributed by atoms with E-state index in [2.05, 4.69) is 74.6 Å². The lowest BCUT2D eigenvalue weighted by Gasteiger charge is -2.42. The highest BCUT2D eigenvalue weighted by Gasteiger charge is 2.47. The highest BCUT2D eigenvalue weighted by atomic mass is 16.7. The molecule has 75 heavy (non-hydrogen) atoms. The molecule has 2 saturated heterocycles. The van der Waals surface area contributed by atoms with Crippen molar-refractivity contribution in [3.05, 3.63) is 60.8 Å². The third-order valence-electron chi connectivity index (χ3n) is 13.7. The van der Waals surface area contributed by atoms with Crippen molar-refractivity contribution in [3.8, 4) is 0 Å². The smallest absolute Gasteiger partial charge is 0.306 e. The second-order valence-corrected chi connectivity index (χ2v) is 20.4. The quantitative estimate of drug-likeness (QED) is 0.0171. The van der Waals surface area contributed by atoms with Gasteiger partial charge in [-0.2, -0.15) is 0 Å². The number of hydrogen-bond acceptors (Lipinski definition) is 15. The predicted molar refractivity (Wildman–Crippen MR) is 293 cm³/mol. The summed E-state index contributed by atoms with van der Waals surface area (Å²) < 4.78 is 33.7. The minimum atomic E-state index is -1.77. The van der Waals surface area contributed by atoms with Crippen LogP contribution in [0.15, 0.2) is 60.8 Å².